The molecule has 0 saturated carbocycles. The van der Waals surface area contributed by atoms with E-state index in [1.807, 2.05) is 6.92 Å². The van der Waals surface area contributed by atoms with Crippen LogP contribution in [0, 0.1) is 5.82 Å². The average Bonchev–Trinajstić information content (AvgIpc) is 2.77. The first-order valence-electron chi connectivity index (χ1n) is 5.22. The molecule has 2 aromatic rings. The first kappa shape index (κ1) is 11.9. The Kier molecular flexibility index (Phi) is 3.98. The van der Waals surface area contributed by atoms with Gasteiger partial charge in [0.05, 0.1) is 6.54 Å². The summed E-state index contributed by atoms with van der Waals surface area (Å²) in [6, 6.07) is 6.11. The second-order valence-corrected chi connectivity index (χ2v) is 4.47. The monoisotopic (exact) mass is 253 g/mol. The fourth-order valence-corrected chi connectivity index (χ4v) is 1.74. The van der Waals surface area contributed by atoms with Crippen molar-refractivity contribution in [3.05, 3.63) is 36.0 Å². The maximum Gasteiger partial charge on any atom is 0.276 e. The molecule has 1 N–H and O–H groups in total. The molecule has 0 fully saturated rings. The molecule has 0 saturated heterocycles. The van der Waals surface area contributed by atoms with Crippen molar-refractivity contribution in [3.63, 3.8) is 0 Å². The molecule has 0 radical (unpaired) electrons. The zero-order valence-corrected chi connectivity index (χ0v) is 10.1. The molecule has 2 rings (SSSR count). The topological polar surface area (TPSA) is 51.0 Å². The molecule has 1 heterocycles. The first-order chi connectivity index (χ1) is 8.28. The largest absolute Gasteiger partial charge is 0.414 e. The number of anilines is 1. The Hall–Kier alpha value is -1.56. The quantitative estimate of drug-likeness (QED) is 0.830. The number of benzene rings is 1. The molecule has 90 valence electrons. The highest BCUT2D eigenvalue weighted by Gasteiger charge is 2.05. The minimum atomic E-state index is -0.255. The molecule has 6 heteroatoms. The van der Waals surface area contributed by atoms with Crippen molar-refractivity contribution >= 4 is 17.4 Å². The third-order valence-electron chi connectivity index (χ3n) is 2.00. The minimum absolute atomic E-state index is 0.255. The highest BCUT2D eigenvalue weighted by Crippen LogP contribution is 2.16. The number of nitrogens with one attached hydrogen (secondary N) is 1. The SMILES string of the molecule is CCSc1nnc(CNc2ccc(F)cc2)o1. The van der Waals surface area contributed by atoms with Crippen molar-refractivity contribution in [2.75, 3.05) is 11.1 Å². The summed E-state index contributed by atoms with van der Waals surface area (Å²) in [6.07, 6.45) is 0. The molecule has 1 aromatic carbocycles. The van der Waals surface area contributed by atoms with Crippen molar-refractivity contribution in [2.45, 2.75) is 18.7 Å². The van der Waals surface area contributed by atoms with Gasteiger partial charge in [0.15, 0.2) is 0 Å². The molecular formula is C11H12FN3OS. The van der Waals surface area contributed by atoms with Gasteiger partial charge < -0.3 is 9.73 Å². The normalized spacial score (nSPS) is 10.5. The summed E-state index contributed by atoms with van der Waals surface area (Å²) in [6.45, 7) is 2.45. The van der Waals surface area contributed by atoms with Gasteiger partial charge in [-0.15, -0.1) is 10.2 Å². The molecule has 0 amide bonds. The van der Waals surface area contributed by atoms with Crippen LogP contribution in [0.2, 0.25) is 0 Å². The van der Waals surface area contributed by atoms with E-state index in [0.29, 0.717) is 17.7 Å². The van der Waals surface area contributed by atoms with E-state index in [4.69, 9.17) is 4.42 Å². The van der Waals surface area contributed by atoms with Gasteiger partial charge in [-0.1, -0.05) is 18.7 Å². The van der Waals surface area contributed by atoms with E-state index >= 15 is 0 Å². The Labute approximate surface area is 103 Å². The number of aromatic nitrogens is 2. The van der Waals surface area contributed by atoms with Gasteiger partial charge in [0.2, 0.25) is 5.89 Å². The third kappa shape index (κ3) is 3.45. The Morgan fingerprint density at radius 3 is 2.76 bits per heavy atom. The van der Waals surface area contributed by atoms with Gasteiger partial charge in [-0.2, -0.15) is 0 Å². The zero-order valence-electron chi connectivity index (χ0n) is 9.31. The van der Waals surface area contributed by atoms with Crippen molar-refractivity contribution in [2.24, 2.45) is 0 Å². The van der Waals surface area contributed by atoms with Crippen LogP contribution < -0.4 is 5.32 Å². The molecule has 0 aliphatic carbocycles. The van der Waals surface area contributed by atoms with E-state index in [0.717, 1.165) is 11.4 Å². The lowest BCUT2D eigenvalue weighted by Crippen LogP contribution is -1.99. The van der Waals surface area contributed by atoms with Gasteiger partial charge in [0, 0.05) is 5.69 Å². The van der Waals surface area contributed by atoms with Crippen molar-refractivity contribution in [3.8, 4) is 0 Å². The van der Waals surface area contributed by atoms with Gasteiger partial charge in [-0.25, -0.2) is 4.39 Å². The molecule has 0 aliphatic rings. The predicted molar refractivity (Wildman–Crippen MR) is 64.4 cm³/mol. The van der Waals surface area contributed by atoms with E-state index in [1.54, 1.807) is 12.1 Å². The molecule has 0 bridgehead atoms. The van der Waals surface area contributed by atoms with Crippen LogP contribution in [0.15, 0.2) is 33.9 Å². The number of hydrogen-bond donors (Lipinski definition) is 1. The Bertz CT molecular complexity index is 472. The van der Waals surface area contributed by atoms with E-state index in [2.05, 4.69) is 15.5 Å². The van der Waals surface area contributed by atoms with Crippen LogP contribution in [0.3, 0.4) is 0 Å². The van der Waals surface area contributed by atoms with E-state index in [9.17, 15) is 4.39 Å². The fourth-order valence-electron chi connectivity index (χ4n) is 1.24. The maximum absolute atomic E-state index is 12.7. The lowest BCUT2D eigenvalue weighted by molar-refractivity contribution is 0.418. The molecule has 0 spiro atoms. The van der Waals surface area contributed by atoms with Gasteiger partial charge in [0.1, 0.15) is 5.82 Å². The summed E-state index contributed by atoms with van der Waals surface area (Å²) >= 11 is 1.50. The predicted octanol–water partition coefficient (Wildman–Crippen LogP) is 2.93. The van der Waals surface area contributed by atoms with E-state index in [1.165, 1.54) is 23.9 Å². The lowest BCUT2D eigenvalue weighted by Gasteiger charge is -2.02. The standard InChI is InChI=1S/C11H12FN3OS/c1-2-17-11-15-14-10(16-11)7-13-9-5-3-8(12)4-6-9/h3-6,13H,2,7H2,1H3. The maximum atomic E-state index is 12.7. The first-order valence-corrected chi connectivity index (χ1v) is 6.21. The lowest BCUT2D eigenvalue weighted by atomic mass is 10.3. The molecular weight excluding hydrogens is 241 g/mol. The van der Waals surface area contributed by atoms with E-state index in [-0.39, 0.29) is 5.82 Å². The van der Waals surface area contributed by atoms with Gasteiger partial charge in [-0.05, 0) is 30.0 Å². The fraction of sp³-hybridized carbons (Fsp3) is 0.273. The molecule has 0 atom stereocenters. The van der Waals surface area contributed by atoms with Crippen molar-refractivity contribution in [1.82, 2.24) is 10.2 Å². The van der Waals surface area contributed by atoms with Crippen molar-refractivity contribution < 1.29 is 8.81 Å². The Morgan fingerprint density at radius 1 is 1.29 bits per heavy atom. The number of thioether (sulfide) groups is 1. The van der Waals surface area contributed by atoms with Crippen LogP contribution in [0.1, 0.15) is 12.8 Å². The van der Waals surface area contributed by atoms with E-state index < -0.39 is 0 Å². The second-order valence-electron chi connectivity index (χ2n) is 3.26. The number of rotatable bonds is 5. The molecule has 4 nitrogen and oxygen atoms in total. The van der Waals surface area contributed by atoms with Crippen molar-refractivity contribution in [1.29, 1.82) is 0 Å². The summed E-state index contributed by atoms with van der Waals surface area (Å²) in [5.41, 5.74) is 0.814. The molecule has 0 unspecified atom stereocenters. The van der Waals surface area contributed by atoms with Gasteiger partial charge in [-0.3, -0.25) is 0 Å². The van der Waals surface area contributed by atoms with Gasteiger partial charge in [0.25, 0.3) is 5.22 Å². The number of hydrogen-bond acceptors (Lipinski definition) is 5. The third-order valence-corrected chi connectivity index (χ3v) is 2.70. The highest BCUT2D eigenvalue weighted by atomic mass is 32.2. The van der Waals surface area contributed by atoms with Crippen LogP contribution in [0.4, 0.5) is 10.1 Å². The Morgan fingerprint density at radius 2 is 2.06 bits per heavy atom. The van der Waals surface area contributed by atoms with Crippen LogP contribution in [0.5, 0.6) is 0 Å². The highest BCUT2D eigenvalue weighted by molar-refractivity contribution is 7.99. The zero-order chi connectivity index (χ0) is 12.1. The smallest absolute Gasteiger partial charge is 0.276 e. The summed E-state index contributed by atoms with van der Waals surface area (Å²) < 4.78 is 18.0. The van der Waals surface area contributed by atoms with Crippen LogP contribution >= 0.6 is 11.8 Å². The molecule has 1 aromatic heterocycles. The van der Waals surface area contributed by atoms with Crippen LogP contribution in [-0.4, -0.2) is 16.0 Å². The Balaban J connectivity index is 1.90. The second kappa shape index (κ2) is 5.67. The molecule has 0 aliphatic heterocycles. The average molecular weight is 253 g/mol. The van der Waals surface area contributed by atoms with Crippen LogP contribution in [-0.2, 0) is 6.54 Å². The minimum Gasteiger partial charge on any atom is -0.414 e. The summed E-state index contributed by atoms with van der Waals surface area (Å²) in [5.74, 6) is 1.16. The summed E-state index contributed by atoms with van der Waals surface area (Å²) in [4.78, 5) is 0. The molecule has 17 heavy (non-hydrogen) atoms. The number of nitrogens with zero attached hydrogens (tertiary/aromatic N) is 2. The number of halogens is 1. The van der Waals surface area contributed by atoms with Gasteiger partial charge >= 0.3 is 0 Å². The summed E-state index contributed by atoms with van der Waals surface area (Å²) in [7, 11) is 0. The van der Waals surface area contributed by atoms with Crippen LogP contribution in [0.25, 0.3) is 0 Å². The summed E-state index contributed by atoms with van der Waals surface area (Å²) in [5, 5.41) is 11.4.